The van der Waals surface area contributed by atoms with Crippen molar-refractivity contribution in [1.82, 2.24) is 14.9 Å². The molecule has 0 radical (unpaired) electrons. The van der Waals surface area contributed by atoms with E-state index in [1.807, 2.05) is 43.3 Å². The Hall–Kier alpha value is -3.22. The predicted octanol–water partition coefficient (Wildman–Crippen LogP) is 5.00. The normalized spacial score (nSPS) is 10.9. The number of H-pyrrole nitrogens is 1. The molecular formula is C24H20ClN3O2S. The SMILES string of the molecule is Cc1ccc(CNC(=O)c2ccc3c(=O)n(Cc4ccc(Cl)cc4)c(=S)[nH]c3c2)cc1. The number of nitrogens with one attached hydrogen (secondary N) is 2. The molecule has 0 spiro atoms. The van der Waals surface area contributed by atoms with Crippen LogP contribution in [0.4, 0.5) is 0 Å². The number of fused-ring (bicyclic) bond motifs is 1. The molecule has 7 heteroatoms. The largest absolute Gasteiger partial charge is 0.348 e. The molecule has 0 aliphatic rings. The summed E-state index contributed by atoms with van der Waals surface area (Å²) in [5.74, 6) is -0.216. The molecule has 1 amide bonds. The second kappa shape index (κ2) is 8.88. The number of benzene rings is 3. The fourth-order valence-corrected chi connectivity index (χ4v) is 3.69. The molecule has 0 bridgehead atoms. The van der Waals surface area contributed by atoms with Gasteiger partial charge in [0.2, 0.25) is 0 Å². The summed E-state index contributed by atoms with van der Waals surface area (Å²) in [5.41, 5.74) is 3.88. The van der Waals surface area contributed by atoms with Crippen LogP contribution < -0.4 is 10.9 Å². The van der Waals surface area contributed by atoms with Crippen molar-refractivity contribution < 1.29 is 4.79 Å². The molecular weight excluding hydrogens is 430 g/mol. The third-order valence-corrected chi connectivity index (χ3v) is 5.65. The standard InChI is InChI=1S/C24H20ClN3O2S/c1-15-2-4-16(5-3-15)13-26-22(29)18-8-11-20-21(12-18)27-24(31)28(23(20)30)14-17-6-9-19(25)10-7-17/h2-12H,13-14H2,1H3,(H,26,29)(H,27,31). The van der Waals surface area contributed by atoms with E-state index >= 15 is 0 Å². The molecule has 4 rings (SSSR count). The smallest absolute Gasteiger partial charge is 0.262 e. The van der Waals surface area contributed by atoms with E-state index in [1.54, 1.807) is 30.3 Å². The Bertz CT molecular complexity index is 1370. The molecule has 0 fully saturated rings. The predicted molar refractivity (Wildman–Crippen MR) is 126 cm³/mol. The summed E-state index contributed by atoms with van der Waals surface area (Å²) >= 11 is 11.3. The molecule has 0 aliphatic heterocycles. The molecule has 0 saturated heterocycles. The van der Waals surface area contributed by atoms with E-state index in [2.05, 4.69) is 10.3 Å². The van der Waals surface area contributed by atoms with Crippen LogP contribution in [0.25, 0.3) is 10.9 Å². The number of rotatable bonds is 5. The number of carbonyl (C=O) groups is 1. The quantitative estimate of drug-likeness (QED) is 0.421. The van der Waals surface area contributed by atoms with Crippen LogP contribution in [0.1, 0.15) is 27.0 Å². The van der Waals surface area contributed by atoms with Gasteiger partial charge in [-0.3, -0.25) is 14.2 Å². The molecule has 4 aromatic rings. The summed E-state index contributed by atoms with van der Waals surface area (Å²) in [5, 5.41) is 4.01. The van der Waals surface area contributed by atoms with Crippen molar-refractivity contribution in [2.24, 2.45) is 0 Å². The van der Waals surface area contributed by atoms with Crippen LogP contribution in [0.3, 0.4) is 0 Å². The highest BCUT2D eigenvalue weighted by atomic mass is 35.5. The second-order valence-electron chi connectivity index (χ2n) is 7.38. The molecule has 3 aromatic carbocycles. The molecule has 156 valence electrons. The van der Waals surface area contributed by atoms with Gasteiger partial charge in [0, 0.05) is 17.1 Å². The molecule has 1 aromatic heterocycles. The van der Waals surface area contributed by atoms with Crippen LogP contribution in [0, 0.1) is 11.7 Å². The van der Waals surface area contributed by atoms with E-state index in [1.165, 1.54) is 10.1 Å². The summed E-state index contributed by atoms with van der Waals surface area (Å²) in [6, 6.07) is 20.2. The first kappa shape index (κ1) is 21.0. The zero-order chi connectivity index (χ0) is 22.0. The highest BCUT2D eigenvalue weighted by Gasteiger charge is 2.11. The Morgan fingerprint density at radius 1 is 1.03 bits per heavy atom. The number of aromatic amines is 1. The molecule has 0 atom stereocenters. The third-order valence-electron chi connectivity index (χ3n) is 5.07. The first-order chi connectivity index (χ1) is 14.9. The summed E-state index contributed by atoms with van der Waals surface area (Å²) < 4.78 is 1.79. The van der Waals surface area contributed by atoms with E-state index in [9.17, 15) is 9.59 Å². The molecule has 5 nitrogen and oxygen atoms in total. The van der Waals surface area contributed by atoms with E-state index in [-0.39, 0.29) is 11.5 Å². The molecule has 1 heterocycles. The van der Waals surface area contributed by atoms with E-state index in [0.29, 0.717) is 39.3 Å². The van der Waals surface area contributed by atoms with Gasteiger partial charge in [0.05, 0.1) is 17.4 Å². The number of halogens is 1. The van der Waals surface area contributed by atoms with Crippen molar-refractivity contribution in [3.8, 4) is 0 Å². The van der Waals surface area contributed by atoms with Crippen LogP contribution in [-0.4, -0.2) is 15.5 Å². The average Bonchev–Trinajstić information content (AvgIpc) is 2.77. The maximum Gasteiger partial charge on any atom is 0.262 e. The maximum atomic E-state index is 13.0. The minimum Gasteiger partial charge on any atom is -0.348 e. The van der Waals surface area contributed by atoms with E-state index in [0.717, 1.165) is 11.1 Å². The van der Waals surface area contributed by atoms with E-state index in [4.69, 9.17) is 23.8 Å². The first-order valence-corrected chi connectivity index (χ1v) is 10.5. The number of hydrogen-bond acceptors (Lipinski definition) is 3. The topological polar surface area (TPSA) is 66.9 Å². The fourth-order valence-electron chi connectivity index (χ4n) is 3.30. The minimum atomic E-state index is -0.216. The number of amides is 1. The number of aryl methyl sites for hydroxylation is 1. The molecule has 31 heavy (non-hydrogen) atoms. The van der Waals surface area contributed by atoms with Gasteiger partial charge in [-0.05, 0) is 60.6 Å². The maximum absolute atomic E-state index is 13.0. The van der Waals surface area contributed by atoms with Gasteiger partial charge >= 0.3 is 0 Å². The number of hydrogen-bond donors (Lipinski definition) is 2. The summed E-state index contributed by atoms with van der Waals surface area (Å²) in [6.07, 6.45) is 0. The lowest BCUT2D eigenvalue weighted by Gasteiger charge is -2.10. The highest BCUT2D eigenvalue weighted by Crippen LogP contribution is 2.14. The van der Waals surface area contributed by atoms with Crippen molar-refractivity contribution in [3.05, 3.63) is 109 Å². The van der Waals surface area contributed by atoms with Gasteiger partial charge in [-0.25, -0.2) is 0 Å². The van der Waals surface area contributed by atoms with Crippen molar-refractivity contribution >= 4 is 40.6 Å². The van der Waals surface area contributed by atoms with Crippen molar-refractivity contribution in [3.63, 3.8) is 0 Å². The van der Waals surface area contributed by atoms with Crippen LogP contribution in [-0.2, 0) is 13.1 Å². The lowest BCUT2D eigenvalue weighted by Crippen LogP contribution is -2.24. The Morgan fingerprint density at radius 3 is 2.42 bits per heavy atom. The average molecular weight is 450 g/mol. The van der Waals surface area contributed by atoms with Crippen molar-refractivity contribution in [2.75, 3.05) is 0 Å². The Balaban J connectivity index is 1.58. The van der Waals surface area contributed by atoms with Gasteiger partial charge in [0.1, 0.15) is 0 Å². The van der Waals surface area contributed by atoms with Gasteiger partial charge < -0.3 is 10.3 Å². The van der Waals surface area contributed by atoms with Gasteiger partial charge in [-0.1, -0.05) is 53.6 Å². The number of carbonyl (C=O) groups excluding carboxylic acids is 1. The van der Waals surface area contributed by atoms with Crippen LogP contribution in [0.5, 0.6) is 0 Å². The first-order valence-electron chi connectivity index (χ1n) is 9.76. The lowest BCUT2D eigenvalue weighted by atomic mass is 10.1. The monoisotopic (exact) mass is 449 g/mol. The van der Waals surface area contributed by atoms with Crippen molar-refractivity contribution in [2.45, 2.75) is 20.0 Å². The number of aromatic nitrogens is 2. The van der Waals surface area contributed by atoms with Gasteiger partial charge in [-0.2, -0.15) is 0 Å². The Kier molecular flexibility index (Phi) is 6.02. The third kappa shape index (κ3) is 4.76. The summed E-state index contributed by atoms with van der Waals surface area (Å²) in [7, 11) is 0. The van der Waals surface area contributed by atoms with Crippen LogP contribution in [0.2, 0.25) is 5.02 Å². The van der Waals surface area contributed by atoms with Crippen LogP contribution in [0.15, 0.2) is 71.5 Å². The zero-order valence-corrected chi connectivity index (χ0v) is 18.4. The zero-order valence-electron chi connectivity index (χ0n) is 16.8. The summed E-state index contributed by atoms with van der Waals surface area (Å²) in [4.78, 5) is 28.7. The van der Waals surface area contributed by atoms with Gasteiger partial charge in [0.15, 0.2) is 4.77 Å². The highest BCUT2D eigenvalue weighted by molar-refractivity contribution is 7.71. The minimum absolute atomic E-state index is 0.208. The Labute approximate surface area is 189 Å². The van der Waals surface area contributed by atoms with Gasteiger partial charge in [0.25, 0.3) is 11.5 Å². The van der Waals surface area contributed by atoms with E-state index < -0.39 is 0 Å². The van der Waals surface area contributed by atoms with Gasteiger partial charge in [-0.15, -0.1) is 0 Å². The van der Waals surface area contributed by atoms with Crippen molar-refractivity contribution in [1.29, 1.82) is 0 Å². The lowest BCUT2D eigenvalue weighted by molar-refractivity contribution is 0.0951. The second-order valence-corrected chi connectivity index (χ2v) is 8.20. The van der Waals surface area contributed by atoms with Crippen LogP contribution >= 0.6 is 23.8 Å². The molecule has 2 N–H and O–H groups in total. The fraction of sp³-hybridized carbons (Fsp3) is 0.125. The molecule has 0 unspecified atom stereocenters. The number of nitrogens with zero attached hydrogens (tertiary/aromatic N) is 1. The molecule has 0 saturated carbocycles. The molecule has 0 aliphatic carbocycles. The summed E-state index contributed by atoms with van der Waals surface area (Å²) in [6.45, 7) is 2.78. The Morgan fingerprint density at radius 2 is 1.71 bits per heavy atom.